The molecule has 0 radical (unpaired) electrons. The van der Waals surface area contributed by atoms with E-state index in [-0.39, 0.29) is 24.9 Å². The minimum absolute atomic E-state index is 0.0940. The number of aromatic nitrogens is 1. The van der Waals surface area contributed by atoms with Crippen molar-refractivity contribution in [3.8, 4) is 0 Å². The van der Waals surface area contributed by atoms with Gasteiger partial charge in [0.2, 0.25) is 11.8 Å². The zero-order valence-corrected chi connectivity index (χ0v) is 17.4. The maximum Gasteiger partial charge on any atom is 0.416 e. The monoisotopic (exact) mass is 444 g/mol. The number of carbonyl (C=O) groups excluding carboxylic acids is 2. The second-order valence-electron chi connectivity index (χ2n) is 7.84. The van der Waals surface area contributed by atoms with Gasteiger partial charge in [0, 0.05) is 32.4 Å². The summed E-state index contributed by atoms with van der Waals surface area (Å²) >= 11 is 0. The van der Waals surface area contributed by atoms with Gasteiger partial charge in [0.1, 0.15) is 5.82 Å². The van der Waals surface area contributed by atoms with E-state index in [1.165, 1.54) is 6.07 Å². The van der Waals surface area contributed by atoms with Gasteiger partial charge in [-0.15, -0.1) is 0 Å². The van der Waals surface area contributed by atoms with Crippen LogP contribution in [0.25, 0.3) is 5.57 Å². The summed E-state index contributed by atoms with van der Waals surface area (Å²) < 4.78 is 38.9. The summed E-state index contributed by atoms with van der Waals surface area (Å²) in [4.78, 5) is 34.5. The zero-order chi connectivity index (χ0) is 22.7. The van der Waals surface area contributed by atoms with Gasteiger partial charge >= 0.3 is 6.18 Å². The Kier molecular flexibility index (Phi) is 6.27. The number of hydrogen-bond donors (Lipinski definition) is 0. The first-order chi connectivity index (χ1) is 15.3. The van der Waals surface area contributed by atoms with E-state index < -0.39 is 11.7 Å². The number of carbonyl (C=O) groups is 2. The molecule has 6 nitrogen and oxygen atoms in total. The standard InChI is InChI=1S/C23H23F3N4O2/c24-23(25,26)19-5-3-4-18(14-19)17-7-10-29(11-8-17)21(31)15-28-12-13-30(22(32)16-28)20-6-1-2-9-27-20/h1-7,9,14H,8,10-13,15-16H2. The summed E-state index contributed by atoms with van der Waals surface area (Å²) in [5.41, 5.74) is 0.659. The van der Waals surface area contributed by atoms with Crippen LogP contribution >= 0.6 is 0 Å². The predicted molar refractivity (Wildman–Crippen MR) is 114 cm³/mol. The predicted octanol–water partition coefficient (Wildman–Crippen LogP) is 3.06. The second-order valence-corrected chi connectivity index (χ2v) is 7.84. The molecule has 0 unspecified atom stereocenters. The van der Waals surface area contributed by atoms with Crippen LogP contribution < -0.4 is 4.90 Å². The van der Waals surface area contributed by atoms with E-state index in [2.05, 4.69) is 4.98 Å². The first kappa shape index (κ1) is 22.0. The highest BCUT2D eigenvalue weighted by Gasteiger charge is 2.31. The van der Waals surface area contributed by atoms with E-state index in [4.69, 9.17) is 0 Å². The molecule has 1 saturated heterocycles. The van der Waals surface area contributed by atoms with Crippen LogP contribution in [0, 0.1) is 0 Å². The Balaban J connectivity index is 1.32. The van der Waals surface area contributed by atoms with Gasteiger partial charge in [-0.05, 0) is 41.8 Å². The van der Waals surface area contributed by atoms with Gasteiger partial charge in [-0.25, -0.2) is 4.98 Å². The molecule has 0 spiro atoms. The van der Waals surface area contributed by atoms with Gasteiger partial charge in [-0.2, -0.15) is 13.2 Å². The number of alkyl halides is 3. The minimum atomic E-state index is -4.38. The van der Waals surface area contributed by atoms with E-state index >= 15 is 0 Å². The molecule has 32 heavy (non-hydrogen) atoms. The van der Waals surface area contributed by atoms with Crippen LogP contribution in [0.5, 0.6) is 0 Å². The van der Waals surface area contributed by atoms with Gasteiger partial charge < -0.3 is 4.90 Å². The highest BCUT2D eigenvalue weighted by Crippen LogP contribution is 2.32. The molecule has 0 saturated carbocycles. The van der Waals surface area contributed by atoms with E-state index in [0.717, 1.165) is 17.7 Å². The Labute approximate surface area is 183 Å². The van der Waals surface area contributed by atoms with Crippen LogP contribution in [0.3, 0.4) is 0 Å². The SMILES string of the molecule is O=C(CN1CCN(c2ccccn2)C(=O)C1)N1CC=C(c2cccc(C(F)(F)F)c2)CC1. The molecule has 2 aliphatic heterocycles. The summed E-state index contributed by atoms with van der Waals surface area (Å²) in [6, 6.07) is 10.6. The molecular weight excluding hydrogens is 421 g/mol. The van der Waals surface area contributed by atoms with Crippen molar-refractivity contribution < 1.29 is 22.8 Å². The lowest BCUT2D eigenvalue weighted by Gasteiger charge is -2.35. The van der Waals surface area contributed by atoms with Crippen molar-refractivity contribution in [1.82, 2.24) is 14.8 Å². The Hall–Kier alpha value is -3.20. The minimum Gasteiger partial charge on any atom is -0.338 e. The number of benzene rings is 1. The Morgan fingerprint density at radius 3 is 2.56 bits per heavy atom. The Bertz CT molecular complexity index is 1020. The molecule has 3 heterocycles. The molecule has 2 aromatic rings. The first-order valence-corrected chi connectivity index (χ1v) is 10.4. The molecule has 0 bridgehead atoms. The van der Waals surface area contributed by atoms with E-state index in [1.807, 2.05) is 11.0 Å². The van der Waals surface area contributed by atoms with Crippen molar-refractivity contribution in [2.24, 2.45) is 0 Å². The molecule has 1 aromatic heterocycles. The third kappa shape index (κ3) is 4.99. The van der Waals surface area contributed by atoms with Crippen LogP contribution in [0.4, 0.5) is 19.0 Å². The molecule has 4 rings (SSSR count). The highest BCUT2D eigenvalue weighted by molar-refractivity contribution is 5.95. The number of amides is 2. The third-order valence-electron chi connectivity index (χ3n) is 5.71. The Morgan fingerprint density at radius 2 is 1.91 bits per heavy atom. The van der Waals surface area contributed by atoms with Crippen LogP contribution in [-0.4, -0.2) is 65.9 Å². The molecule has 0 atom stereocenters. The Morgan fingerprint density at radius 1 is 1.06 bits per heavy atom. The van der Waals surface area contributed by atoms with Gasteiger partial charge in [0.25, 0.3) is 0 Å². The van der Waals surface area contributed by atoms with Crippen molar-refractivity contribution >= 4 is 23.2 Å². The smallest absolute Gasteiger partial charge is 0.338 e. The molecule has 0 N–H and O–H groups in total. The molecule has 2 aliphatic rings. The maximum atomic E-state index is 13.0. The van der Waals surface area contributed by atoms with Crippen molar-refractivity contribution in [3.05, 3.63) is 65.9 Å². The largest absolute Gasteiger partial charge is 0.416 e. The zero-order valence-electron chi connectivity index (χ0n) is 17.4. The average Bonchev–Trinajstić information content (AvgIpc) is 2.79. The van der Waals surface area contributed by atoms with Gasteiger partial charge in [0.05, 0.1) is 18.7 Å². The quantitative estimate of drug-likeness (QED) is 0.728. The van der Waals surface area contributed by atoms with Crippen LogP contribution in [0.15, 0.2) is 54.7 Å². The number of nitrogens with zero attached hydrogens (tertiary/aromatic N) is 4. The van der Waals surface area contributed by atoms with Gasteiger partial charge in [-0.1, -0.05) is 24.3 Å². The summed E-state index contributed by atoms with van der Waals surface area (Å²) in [6.07, 6.45) is -0.457. The number of rotatable bonds is 4. The molecule has 168 valence electrons. The van der Waals surface area contributed by atoms with Crippen LogP contribution in [0.1, 0.15) is 17.5 Å². The van der Waals surface area contributed by atoms with E-state index in [9.17, 15) is 22.8 Å². The molecule has 1 aromatic carbocycles. The second kappa shape index (κ2) is 9.12. The summed E-state index contributed by atoms with van der Waals surface area (Å²) in [6.45, 7) is 2.07. The van der Waals surface area contributed by atoms with E-state index in [1.54, 1.807) is 40.3 Å². The average molecular weight is 444 g/mol. The van der Waals surface area contributed by atoms with Gasteiger partial charge in [-0.3, -0.25) is 19.4 Å². The lowest BCUT2D eigenvalue weighted by Crippen LogP contribution is -2.53. The molecular formula is C23H23F3N4O2. The van der Waals surface area contributed by atoms with Crippen LogP contribution in [-0.2, 0) is 15.8 Å². The topological polar surface area (TPSA) is 56.8 Å². The van der Waals surface area contributed by atoms with E-state index in [0.29, 0.717) is 44.0 Å². The van der Waals surface area contributed by atoms with Crippen molar-refractivity contribution in [2.75, 3.05) is 44.2 Å². The van der Waals surface area contributed by atoms with Gasteiger partial charge in [0.15, 0.2) is 0 Å². The number of halogens is 3. The maximum absolute atomic E-state index is 13.0. The van der Waals surface area contributed by atoms with Crippen molar-refractivity contribution in [3.63, 3.8) is 0 Å². The number of anilines is 1. The highest BCUT2D eigenvalue weighted by atomic mass is 19.4. The first-order valence-electron chi connectivity index (χ1n) is 10.4. The fourth-order valence-electron chi connectivity index (χ4n) is 3.96. The lowest BCUT2D eigenvalue weighted by atomic mass is 9.97. The lowest BCUT2D eigenvalue weighted by molar-refractivity contribution is -0.137. The summed E-state index contributed by atoms with van der Waals surface area (Å²) in [5.74, 6) is 0.406. The number of pyridine rings is 1. The third-order valence-corrected chi connectivity index (χ3v) is 5.71. The number of piperazine rings is 1. The molecule has 0 aliphatic carbocycles. The van der Waals surface area contributed by atoms with Crippen molar-refractivity contribution in [2.45, 2.75) is 12.6 Å². The summed E-state index contributed by atoms with van der Waals surface area (Å²) in [5, 5.41) is 0. The fourth-order valence-corrected chi connectivity index (χ4v) is 3.96. The molecule has 9 heteroatoms. The van der Waals surface area contributed by atoms with Crippen molar-refractivity contribution in [1.29, 1.82) is 0 Å². The number of hydrogen-bond acceptors (Lipinski definition) is 4. The normalized spacial score (nSPS) is 18.0. The van der Waals surface area contributed by atoms with Crippen LogP contribution in [0.2, 0.25) is 0 Å². The summed E-state index contributed by atoms with van der Waals surface area (Å²) in [7, 11) is 0. The molecule has 2 amide bonds. The fraction of sp³-hybridized carbons (Fsp3) is 0.348. The molecule has 1 fully saturated rings.